The van der Waals surface area contributed by atoms with Crippen molar-refractivity contribution >= 4 is 67.1 Å². The van der Waals surface area contributed by atoms with Crippen LogP contribution < -0.4 is 10.1 Å². The third-order valence-electron chi connectivity index (χ3n) is 5.39. The van der Waals surface area contributed by atoms with E-state index in [2.05, 4.69) is 15.5 Å². The summed E-state index contributed by atoms with van der Waals surface area (Å²) in [5, 5.41) is 23.2. The van der Waals surface area contributed by atoms with Crippen LogP contribution in [0.15, 0.2) is 75.8 Å². The van der Waals surface area contributed by atoms with Crippen molar-refractivity contribution in [3.63, 3.8) is 0 Å². The zero-order chi connectivity index (χ0) is 26.9. The predicted molar refractivity (Wildman–Crippen MR) is 142 cm³/mol. The Morgan fingerprint density at radius 1 is 1.00 bits per heavy atom. The second-order valence-corrected chi connectivity index (χ2v) is 10.1. The Balaban J connectivity index is 1.77. The number of ether oxygens (including phenoxy) is 1. The Labute approximate surface area is 222 Å². The summed E-state index contributed by atoms with van der Waals surface area (Å²) < 4.78 is 37.7. The van der Waals surface area contributed by atoms with Gasteiger partial charge in [-0.25, -0.2) is 0 Å². The summed E-state index contributed by atoms with van der Waals surface area (Å²) in [6.07, 6.45) is 0. The smallest absolute Gasteiger partial charge is 0.296 e. The van der Waals surface area contributed by atoms with Gasteiger partial charge in [0, 0.05) is 17.1 Å². The molecular weight excluding hydrogens is 541 g/mol. The lowest BCUT2D eigenvalue weighted by atomic mass is 10.0. The minimum Gasteiger partial charge on any atom is -0.505 e. The van der Waals surface area contributed by atoms with E-state index in [-0.39, 0.29) is 27.5 Å². The van der Waals surface area contributed by atoms with Crippen LogP contribution in [0, 0.1) is 6.92 Å². The lowest BCUT2D eigenvalue weighted by Gasteiger charge is -2.12. The maximum atomic E-state index is 13.1. The standard InChI is InChI=1S/C25H19Cl2N3O6S/c1-13-9-16(11-20(27)24(13)37(33,34)35)29-30-22-17-6-4-3-5-14(17)10-18(23(22)31)25(32)28-15-7-8-19(26)21(12-15)36-2/h3-12,31H,1-2H3,(H,28,32)(H,33,34,35). The number of halogens is 2. The van der Waals surface area contributed by atoms with Crippen molar-refractivity contribution in [1.29, 1.82) is 0 Å². The van der Waals surface area contributed by atoms with Gasteiger partial charge in [-0.3, -0.25) is 9.35 Å². The molecule has 0 radical (unpaired) electrons. The molecule has 0 unspecified atom stereocenters. The molecule has 0 spiro atoms. The van der Waals surface area contributed by atoms with Gasteiger partial charge < -0.3 is 15.2 Å². The number of phenolic OH excluding ortho intramolecular Hbond substituents is 1. The third kappa shape index (κ3) is 5.52. The van der Waals surface area contributed by atoms with Crippen LogP contribution in [0.4, 0.5) is 17.1 Å². The fourth-order valence-electron chi connectivity index (χ4n) is 3.73. The Morgan fingerprint density at radius 2 is 1.73 bits per heavy atom. The molecule has 0 bridgehead atoms. The van der Waals surface area contributed by atoms with Crippen LogP contribution >= 0.6 is 23.2 Å². The predicted octanol–water partition coefficient (Wildman–Crippen LogP) is 7.08. The van der Waals surface area contributed by atoms with E-state index in [0.29, 0.717) is 27.2 Å². The van der Waals surface area contributed by atoms with Crippen molar-refractivity contribution in [2.24, 2.45) is 10.2 Å². The number of phenols is 1. The summed E-state index contributed by atoms with van der Waals surface area (Å²) in [6.45, 7) is 1.44. The summed E-state index contributed by atoms with van der Waals surface area (Å²) in [5.74, 6) is -0.663. The molecule has 4 aromatic carbocycles. The number of anilines is 1. The molecule has 0 atom stereocenters. The van der Waals surface area contributed by atoms with Crippen LogP contribution in [0.5, 0.6) is 11.5 Å². The van der Waals surface area contributed by atoms with Crippen molar-refractivity contribution in [3.8, 4) is 11.5 Å². The number of benzene rings is 4. The monoisotopic (exact) mass is 559 g/mol. The summed E-state index contributed by atoms with van der Waals surface area (Å²) in [4.78, 5) is 12.7. The number of carbonyl (C=O) groups excluding carboxylic acids is 1. The molecule has 1 amide bonds. The van der Waals surface area contributed by atoms with Gasteiger partial charge >= 0.3 is 0 Å². The Bertz CT molecular complexity index is 1670. The van der Waals surface area contributed by atoms with Crippen molar-refractivity contribution < 1.29 is 27.6 Å². The van der Waals surface area contributed by atoms with Gasteiger partial charge in [-0.2, -0.15) is 13.5 Å². The van der Waals surface area contributed by atoms with E-state index < -0.39 is 26.7 Å². The van der Waals surface area contributed by atoms with Gasteiger partial charge in [0.05, 0.1) is 28.4 Å². The third-order valence-corrected chi connectivity index (χ3v) is 7.17. The van der Waals surface area contributed by atoms with Crippen LogP contribution in [0.25, 0.3) is 10.8 Å². The molecule has 3 N–H and O–H groups in total. The van der Waals surface area contributed by atoms with Crippen molar-refractivity contribution in [2.75, 3.05) is 12.4 Å². The van der Waals surface area contributed by atoms with Crippen LogP contribution in [0.1, 0.15) is 15.9 Å². The van der Waals surface area contributed by atoms with Crippen LogP contribution in [-0.4, -0.2) is 31.1 Å². The number of hydrogen-bond donors (Lipinski definition) is 3. The molecule has 4 rings (SSSR count). The van der Waals surface area contributed by atoms with Crippen LogP contribution in [0.2, 0.25) is 10.0 Å². The molecule has 0 heterocycles. The first-order valence-corrected chi connectivity index (χ1v) is 12.8. The van der Waals surface area contributed by atoms with E-state index in [9.17, 15) is 22.9 Å². The summed E-state index contributed by atoms with van der Waals surface area (Å²) in [6, 6.07) is 15.8. The zero-order valence-corrected chi connectivity index (χ0v) is 21.7. The van der Waals surface area contributed by atoms with Crippen LogP contribution in [-0.2, 0) is 10.1 Å². The van der Waals surface area contributed by atoms with Gasteiger partial charge in [0.25, 0.3) is 16.0 Å². The first-order chi connectivity index (χ1) is 17.5. The molecule has 0 aliphatic rings. The normalized spacial score (nSPS) is 11.7. The van der Waals surface area contributed by atoms with Crippen molar-refractivity contribution in [1.82, 2.24) is 0 Å². The van der Waals surface area contributed by atoms with E-state index in [1.807, 2.05) is 0 Å². The summed E-state index contributed by atoms with van der Waals surface area (Å²) >= 11 is 12.1. The first-order valence-electron chi connectivity index (χ1n) is 10.6. The molecule has 37 heavy (non-hydrogen) atoms. The van der Waals surface area contributed by atoms with Crippen molar-refractivity contribution in [3.05, 3.63) is 81.8 Å². The zero-order valence-electron chi connectivity index (χ0n) is 19.4. The number of aromatic hydroxyl groups is 1. The van der Waals surface area contributed by atoms with Gasteiger partial charge in [0.1, 0.15) is 16.3 Å². The molecule has 9 nitrogen and oxygen atoms in total. The van der Waals surface area contributed by atoms with E-state index in [0.717, 1.165) is 0 Å². The van der Waals surface area contributed by atoms with Gasteiger partial charge in [-0.05, 0) is 48.2 Å². The summed E-state index contributed by atoms with van der Waals surface area (Å²) in [5.41, 5.74) is 0.680. The number of hydrogen-bond acceptors (Lipinski definition) is 7. The molecule has 0 fully saturated rings. The Hall–Kier alpha value is -3.70. The highest BCUT2D eigenvalue weighted by Gasteiger charge is 2.21. The molecule has 0 saturated carbocycles. The number of methoxy groups -OCH3 is 1. The van der Waals surface area contributed by atoms with Gasteiger partial charge in [0.2, 0.25) is 0 Å². The lowest BCUT2D eigenvalue weighted by molar-refractivity contribution is 0.102. The number of azo groups is 1. The van der Waals surface area contributed by atoms with Gasteiger partial charge in [-0.1, -0.05) is 47.5 Å². The molecule has 4 aromatic rings. The molecular formula is C25H19Cl2N3O6S. The maximum absolute atomic E-state index is 13.1. The molecule has 0 aliphatic carbocycles. The minimum atomic E-state index is -4.54. The summed E-state index contributed by atoms with van der Waals surface area (Å²) in [7, 11) is -3.09. The van der Waals surface area contributed by atoms with Crippen molar-refractivity contribution in [2.45, 2.75) is 11.8 Å². The van der Waals surface area contributed by atoms with E-state index in [1.165, 1.54) is 32.2 Å². The fraction of sp³-hybridized carbons (Fsp3) is 0.0800. The number of nitrogens with one attached hydrogen (secondary N) is 1. The Morgan fingerprint density at radius 3 is 2.41 bits per heavy atom. The number of fused-ring (bicyclic) bond motifs is 1. The largest absolute Gasteiger partial charge is 0.505 e. The molecule has 0 saturated heterocycles. The SMILES string of the molecule is COc1cc(NC(=O)c2cc3ccccc3c(N=Nc3cc(C)c(S(=O)(=O)O)c(Cl)c3)c2O)ccc1Cl. The minimum absolute atomic E-state index is 0.0181. The number of nitrogens with zero attached hydrogens (tertiary/aromatic N) is 2. The van der Waals surface area contributed by atoms with Gasteiger partial charge in [0.15, 0.2) is 5.75 Å². The molecule has 0 aliphatic heterocycles. The maximum Gasteiger partial charge on any atom is 0.296 e. The fourth-order valence-corrected chi connectivity index (χ4v) is 5.25. The average Bonchev–Trinajstić information content (AvgIpc) is 2.83. The topological polar surface area (TPSA) is 138 Å². The highest BCUT2D eigenvalue weighted by Crippen LogP contribution is 2.40. The number of carbonyl (C=O) groups is 1. The van der Waals surface area contributed by atoms with Gasteiger partial charge in [-0.15, -0.1) is 5.11 Å². The molecule has 190 valence electrons. The first kappa shape index (κ1) is 26.4. The highest BCUT2D eigenvalue weighted by molar-refractivity contribution is 7.86. The molecule has 0 aromatic heterocycles. The van der Waals surface area contributed by atoms with E-state index >= 15 is 0 Å². The van der Waals surface area contributed by atoms with E-state index in [4.69, 9.17) is 27.9 Å². The molecule has 12 heteroatoms. The second-order valence-electron chi connectivity index (χ2n) is 7.89. The van der Waals surface area contributed by atoms with Crippen LogP contribution in [0.3, 0.4) is 0 Å². The second kappa shape index (κ2) is 10.3. The quantitative estimate of drug-likeness (QED) is 0.170. The highest BCUT2D eigenvalue weighted by atomic mass is 35.5. The average molecular weight is 560 g/mol. The van der Waals surface area contributed by atoms with E-state index in [1.54, 1.807) is 42.5 Å². The Kier molecular flexibility index (Phi) is 7.37. The number of amides is 1. The number of rotatable bonds is 6. The lowest BCUT2D eigenvalue weighted by Crippen LogP contribution is -2.12. The number of aryl methyl sites for hydroxylation is 1.